The zero-order valence-electron chi connectivity index (χ0n) is 23.1. The highest BCUT2D eigenvalue weighted by atomic mass is 19.3. The Bertz CT molecular complexity index is 1240. The Labute approximate surface area is 230 Å². The number of ether oxygens (including phenoxy) is 1. The largest absolute Gasteiger partial charge is 0.444 e. The maximum absolute atomic E-state index is 14.5. The molecule has 0 unspecified atom stereocenters. The van der Waals surface area contributed by atoms with Gasteiger partial charge in [-0.25, -0.2) is 23.1 Å². The monoisotopic (exact) mass is 567 g/mol. The first kappa shape index (κ1) is 28.6. The molecule has 3 fully saturated rings. The molecule has 0 aromatic carbocycles. The van der Waals surface area contributed by atoms with E-state index in [1.807, 2.05) is 0 Å². The summed E-state index contributed by atoms with van der Waals surface area (Å²) in [6.07, 6.45) is 4.94. The molecule has 12 heteroatoms. The summed E-state index contributed by atoms with van der Waals surface area (Å²) < 4.78 is 63.7. The second-order valence-electron chi connectivity index (χ2n) is 12.7. The number of rotatable bonds is 9. The number of halogens is 4. The SMILES string of the molecule is CC(C)(C)OC(=O)N[C@H](c1cn2ncc([C@H](NC(=O)C(F)(F)CC3CC3)C3CC3)cc2n1)C1CCC(F)(F)CC1. The van der Waals surface area contributed by atoms with Crippen LogP contribution in [-0.2, 0) is 9.53 Å². The Morgan fingerprint density at radius 1 is 1.05 bits per heavy atom. The Morgan fingerprint density at radius 2 is 1.70 bits per heavy atom. The summed E-state index contributed by atoms with van der Waals surface area (Å²) in [5, 5.41) is 9.79. The summed E-state index contributed by atoms with van der Waals surface area (Å²) in [7, 11) is 0. The molecule has 0 radical (unpaired) electrons. The molecule has 2 N–H and O–H groups in total. The van der Waals surface area contributed by atoms with E-state index in [0.29, 0.717) is 16.9 Å². The molecule has 3 saturated carbocycles. The summed E-state index contributed by atoms with van der Waals surface area (Å²) in [6, 6.07) is 0.390. The van der Waals surface area contributed by atoms with Crippen molar-refractivity contribution in [3.05, 3.63) is 29.7 Å². The van der Waals surface area contributed by atoms with Crippen LogP contribution in [-0.4, -0.2) is 44.0 Å². The zero-order chi connectivity index (χ0) is 28.9. The molecule has 3 aliphatic rings. The number of amides is 2. The molecule has 0 spiro atoms. The van der Waals surface area contributed by atoms with E-state index in [2.05, 4.69) is 20.7 Å². The first-order chi connectivity index (χ1) is 18.7. The lowest BCUT2D eigenvalue weighted by Gasteiger charge is -2.33. The second-order valence-corrected chi connectivity index (χ2v) is 12.7. The van der Waals surface area contributed by atoms with Crippen LogP contribution in [0.5, 0.6) is 0 Å². The Balaban J connectivity index is 1.38. The van der Waals surface area contributed by atoms with Gasteiger partial charge in [0.25, 0.3) is 5.91 Å². The Morgan fingerprint density at radius 3 is 2.30 bits per heavy atom. The average molecular weight is 568 g/mol. The fraction of sp³-hybridized carbons (Fsp3) is 0.714. The predicted octanol–water partition coefficient (Wildman–Crippen LogP) is 6.12. The molecule has 0 bridgehead atoms. The zero-order valence-corrected chi connectivity index (χ0v) is 23.1. The summed E-state index contributed by atoms with van der Waals surface area (Å²) >= 11 is 0. The van der Waals surface area contributed by atoms with E-state index in [1.54, 1.807) is 33.0 Å². The third kappa shape index (κ3) is 7.04. The normalized spacial score (nSPS) is 21.6. The van der Waals surface area contributed by atoms with Crippen molar-refractivity contribution in [2.45, 2.75) is 108 Å². The van der Waals surface area contributed by atoms with E-state index in [-0.39, 0.29) is 43.4 Å². The molecule has 2 aromatic heterocycles. The fourth-order valence-corrected chi connectivity index (χ4v) is 5.42. The molecule has 2 heterocycles. The predicted molar refractivity (Wildman–Crippen MR) is 138 cm³/mol. The number of fused-ring (bicyclic) bond motifs is 1. The number of hydrogen-bond acceptors (Lipinski definition) is 5. The molecule has 40 heavy (non-hydrogen) atoms. The lowest BCUT2D eigenvalue weighted by molar-refractivity contribution is -0.148. The molecule has 5 rings (SSSR count). The van der Waals surface area contributed by atoms with Crippen molar-refractivity contribution >= 4 is 17.6 Å². The van der Waals surface area contributed by atoms with Gasteiger partial charge in [-0.2, -0.15) is 13.9 Å². The van der Waals surface area contributed by atoms with Gasteiger partial charge in [-0.15, -0.1) is 0 Å². The van der Waals surface area contributed by atoms with Crippen LogP contribution >= 0.6 is 0 Å². The number of hydrogen-bond donors (Lipinski definition) is 2. The molecule has 2 amide bonds. The Hall–Kier alpha value is -2.92. The van der Waals surface area contributed by atoms with Gasteiger partial charge in [0.15, 0.2) is 5.65 Å². The summed E-state index contributed by atoms with van der Waals surface area (Å²) in [6.45, 7) is 5.20. The van der Waals surface area contributed by atoms with Gasteiger partial charge in [-0.05, 0) is 88.7 Å². The summed E-state index contributed by atoms with van der Waals surface area (Å²) in [5.74, 6) is -7.78. The average Bonchev–Trinajstić information content (AvgIpc) is 3.78. The molecule has 3 aliphatic carbocycles. The number of alkyl halides is 4. The number of carbonyl (C=O) groups is 2. The highest BCUT2D eigenvalue weighted by Crippen LogP contribution is 2.44. The molecular weight excluding hydrogens is 530 g/mol. The minimum absolute atomic E-state index is 0.0323. The van der Waals surface area contributed by atoms with Gasteiger partial charge < -0.3 is 15.4 Å². The molecular formula is C28H37F4N5O3. The van der Waals surface area contributed by atoms with Crippen LogP contribution < -0.4 is 10.6 Å². The minimum atomic E-state index is -3.43. The highest BCUT2D eigenvalue weighted by Gasteiger charge is 2.46. The van der Waals surface area contributed by atoms with E-state index >= 15 is 0 Å². The van der Waals surface area contributed by atoms with E-state index in [0.717, 1.165) is 25.7 Å². The molecule has 2 aromatic rings. The van der Waals surface area contributed by atoms with Gasteiger partial charge in [-0.3, -0.25) is 4.79 Å². The van der Waals surface area contributed by atoms with Gasteiger partial charge in [-0.1, -0.05) is 0 Å². The van der Waals surface area contributed by atoms with Crippen molar-refractivity contribution in [2.75, 3.05) is 0 Å². The third-order valence-corrected chi connectivity index (χ3v) is 7.90. The van der Waals surface area contributed by atoms with Crippen LogP contribution in [0.4, 0.5) is 22.4 Å². The lowest BCUT2D eigenvalue weighted by atomic mass is 9.81. The smallest absolute Gasteiger partial charge is 0.408 e. The van der Waals surface area contributed by atoms with Gasteiger partial charge in [0.1, 0.15) is 5.60 Å². The molecule has 0 saturated heterocycles. The van der Waals surface area contributed by atoms with E-state index in [1.165, 1.54) is 10.7 Å². The van der Waals surface area contributed by atoms with E-state index in [9.17, 15) is 27.2 Å². The maximum Gasteiger partial charge on any atom is 0.408 e. The minimum Gasteiger partial charge on any atom is -0.444 e. The van der Waals surface area contributed by atoms with Crippen LogP contribution in [0.25, 0.3) is 5.65 Å². The van der Waals surface area contributed by atoms with Crippen LogP contribution in [0.1, 0.15) is 102 Å². The van der Waals surface area contributed by atoms with Gasteiger partial charge in [0.05, 0.1) is 30.2 Å². The molecule has 220 valence electrons. The standard InChI is InChI=1S/C28H37F4N5O3/c1-26(2,3)40-25(39)36-23(18-8-10-27(29,30)11-9-18)20-15-37-21(34-20)12-19(14-33-37)22(17-6-7-17)35-24(38)28(31,32)13-16-4-5-16/h12,14-18,22-23H,4-11,13H2,1-3H3,(H,35,38)(H,36,39)/t22-,23+/m1/s1. The van der Waals surface area contributed by atoms with Gasteiger partial charge >= 0.3 is 12.0 Å². The van der Waals surface area contributed by atoms with Crippen LogP contribution in [0, 0.1) is 17.8 Å². The molecule has 0 aliphatic heterocycles. The summed E-state index contributed by atoms with van der Waals surface area (Å²) in [4.78, 5) is 29.8. The number of imidazole rings is 1. The van der Waals surface area contributed by atoms with Gasteiger partial charge in [0, 0.05) is 19.3 Å². The van der Waals surface area contributed by atoms with Crippen molar-refractivity contribution in [3.8, 4) is 0 Å². The van der Waals surface area contributed by atoms with Crippen molar-refractivity contribution in [3.63, 3.8) is 0 Å². The second kappa shape index (κ2) is 10.5. The van der Waals surface area contributed by atoms with E-state index < -0.39 is 48.0 Å². The third-order valence-electron chi connectivity index (χ3n) is 7.90. The van der Waals surface area contributed by atoms with Crippen LogP contribution in [0.3, 0.4) is 0 Å². The number of aromatic nitrogens is 3. The molecule has 8 nitrogen and oxygen atoms in total. The molecule has 2 atom stereocenters. The van der Waals surface area contributed by atoms with Crippen LogP contribution in [0.15, 0.2) is 18.5 Å². The lowest BCUT2D eigenvalue weighted by Crippen LogP contribution is -2.43. The quantitative estimate of drug-likeness (QED) is 0.356. The highest BCUT2D eigenvalue weighted by molar-refractivity contribution is 5.84. The van der Waals surface area contributed by atoms with Crippen molar-refractivity contribution in [1.82, 2.24) is 25.2 Å². The number of nitrogens with zero attached hydrogens (tertiary/aromatic N) is 3. The van der Waals surface area contributed by atoms with Crippen molar-refractivity contribution in [1.29, 1.82) is 0 Å². The number of alkyl carbamates (subject to hydrolysis) is 1. The van der Waals surface area contributed by atoms with Crippen molar-refractivity contribution < 1.29 is 31.9 Å². The summed E-state index contributed by atoms with van der Waals surface area (Å²) in [5.41, 5.74) is 0.654. The van der Waals surface area contributed by atoms with Gasteiger partial charge in [0.2, 0.25) is 5.92 Å². The number of carbonyl (C=O) groups excluding carboxylic acids is 2. The Kier molecular flexibility index (Phi) is 7.50. The topological polar surface area (TPSA) is 97.6 Å². The van der Waals surface area contributed by atoms with Crippen molar-refractivity contribution in [2.24, 2.45) is 17.8 Å². The maximum atomic E-state index is 14.5. The first-order valence-corrected chi connectivity index (χ1v) is 14.1. The van der Waals surface area contributed by atoms with E-state index in [4.69, 9.17) is 4.74 Å². The number of nitrogens with one attached hydrogen (secondary N) is 2. The fourth-order valence-electron chi connectivity index (χ4n) is 5.42. The first-order valence-electron chi connectivity index (χ1n) is 14.1. The van der Waals surface area contributed by atoms with Crippen LogP contribution in [0.2, 0.25) is 0 Å².